The first-order chi connectivity index (χ1) is 14.7. The van der Waals surface area contributed by atoms with E-state index in [4.69, 9.17) is 10.8 Å². The van der Waals surface area contributed by atoms with Gasteiger partial charge in [0.1, 0.15) is 5.75 Å². The summed E-state index contributed by atoms with van der Waals surface area (Å²) in [6, 6.07) is 9.44. The van der Waals surface area contributed by atoms with Crippen molar-refractivity contribution in [2.45, 2.75) is 44.6 Å². The lowest BCUT2D eigenvalue weighted by molar-refractivity contribution is -0.138. The quantitative estimate of drug-likeness (QED) is 0.550. The van der Waals surface area contributed by atoms with Gasteiger partial charge < -0.3 is 15.9 Å². The third-order valence-corrected chi connectivity index (χ3v) is 6.06. The lowest BCUT2D eigenvalue weighted by Crippen LogP contribution is -2.38. The average molecular weight is 425 g/mol. The number of carbonyl (C=O) groups is 1. The number of fused-ring (bicyclic) bond motifs is 1. The summed E-state index contributed by atoms with van der Waals surface area (Å²) in [6.07, 6.45) is 2.20. The molecule has 0 aliphatic carbocycles. The number of hydrogen-bond acceptors (Lipinski definition) is 7. The summed E-state index contributed by atoms with van der Waals surface area (Å²) in [5.74, 6) is -0.189. The van der Waals surface area contributed by atoms with Crippen LogP contribution in [0.3, 0.4) is 0 Å². The Hall–Kier alpha value is -3.20. The highest BCUT2D eigenvalue weighted by Gasteiger charge is 2.28. The van der Waals surface area contributed by atoms with Crippen molar-refractivity contribution in [2.75, 3.05) is 25.4 Å². The van der Waals surface area contributed by atoms with Crippen molar-refractivity contribution in [3.8, 4) is 5.75 Å². The largest absolute Gasteiger partial charge is 0.508 e. The van der Waals surface area contributed by atoms with E-state index in [1.165, 1.54) is 0 Å². The fourth-order valence-electron chi connectivity index (χ4n) is 4.31. The molecule has 2 aromatic heterocycles. The van der Waals surface area contributed by atoms with Gasteiger partial charge in [-0.15, -0.1) is 5.10 Å². The van der Waals surface area contributed by atoms with Gasteiger partial charge in [0, 0.05) is 18.5 Å². The van der Waals surface area contributed by atoms with Gasteiger partial charge in [-0.2, -0.15) is 10.2 Å². The summed E-state index contributed by atoms with van der Waals surface area (Å²) in [4.78, 5) is 12.9. The summed E-state index contributed by atoms with van der Waals surface area (Å²) in [7, 11) is 0. The van der Waals surface area contributed by atoms with Crippen LogP contribution in [0.4, 0.5) is 5.82 Å². The van der Waals surface area contributed by atoms with E-state index in [9.17, 15) is 9.90 Å². The maximum Gasteiger partial charge on any atom is 0.317 e. The predicted octanol–water partition coefficient (Wildman–Crippen LogP) is 2.36. The molecule has 0 bridgehead atoms. The zero-order chi connectivity index (χ0) is 22.2. The Labute approximate surface area is 180 Å². The van der Waals surface area contributed by atoms with Crippen molar-refractivity contribution in [1.29, 1.82) is 0 Å². The highest BCUT2D eigenvalue weighted by Crippen LogP contribution is 2.33. The van der Waals surface area contributed by atoms with Crippen LogP contribution in [0.2, 0.25) is 0 Å². The van der Waals surface area contributed by atoms with E-state index in [0.717, 1.165) is 29.6 Å². The number of benzene rings is 1. The Morgan fingerprint density at radius 1 is 1.23 bits per heavy atom. The molecular weight excluding hydrogens is 396 g/mol. The Bertz CT molecular complexity index is 1100. The smallest absolute Gasteiger partial charge is 0.317 e. The lowest BCUT2D eigenvalue weighted by atomic mass is 9.82. The Balaban J connectivity index is 1.62. The highest BCUT2D eigenvalue weighted by molar-refractivity contribution is 5.85. The maximum absolute atomic E-state index is 11.0. The first-order valence-electron chi connectivity index (χ1n) is 10.5. The number of nitrogens with zero attached hydrogens (tertiary/aromatic N) is 5. The molecule has 3 aromatic rings. The molecule has 1 saturated heterocycles. The molecule has 1 aromatic carbocycles. The highest BCUT2D eigenvalue weighted by atomic mass is 16.4. The molecule has 1 aliphatic heterocycles. The number of likely N-dealkylation sites (tertiary alicyclic amines) is 1. The first kappa shape index (κ1) is 21.0. The third kappa shape index (κ3) is 4.32. The van der Waals surface area contributed by atoms with Crippen LogP contribution in [0.1, 0.15) is 44.0 Å². The van der Waals surface area contributed by atoms with Crippen LogP contribution in [-0.2, 0) is 16.6 Å². The lowest BCUT2D eigenvalue weighted by Gasteiger charge is -2.31. The van der Waals surface area contributed by atoms with Gasteiger partial charge in [0.15, 0.2) is 11.3 Å². The van der Waals surface area contributed by atoms with E-state index in [-0.39, 0.29) is 23.8 Å². The Morgan fingerprint density at radius 3 is 2.61 bits per heavy atom. The van der Waals surface area contributed by atoms with Gasteiger partial charge in [-0.05, 0) is 37.0 Å². The maximum atomic E-state index is 11.0. The molecule has 4 N–H and O–H groups in total. The zero-order valence-electron chi connectivity index (χ0n) is 17.8. The summed E-state index contributed by atoms with van der Waals surface area (Å²) >= 11 is 0. The molecule has 0 unspecified atom stereocenters. The van der Waals surface area contributed by atoms with Crippen molar-refractivity contribution in [1.82, 2.24) is 24.9 Å². The fraction of sp³-hybridized carbons (Fsp3) is 0.455. The van der Waals surface area contributed by atoms with Gasteiger partial charge in [0.2, 0.25) is 0 Å². The normalized spacial score (nSPS) is 16.1. The van der Waals surface area contributed by atoms with Gasteiger partial charge in [-0.1, -0.05) is 32.0 Å². The van der Waals surface area contributed by atoms with E-state index in [0.29, 0.717) is 30.8 Å². The number of aromatic nitrogens is 4. The number of anilines is 1. The summed E-state index contributed by atoms with van der Waals surface area (Å²) in [6.45, 7) is 5.60. The van der Waals surface area contributed by atoms with E-state index in [1.807, 2.05) is 27.8 Å². The minimum Gasteiger partial charge on any atom is -0.508 e. The Kier molecular flexibility index (Phi) is 5.53. The average Bonchev–Trinajstić information content (AvgIpc) is 3.06. The van der Waals surface area contributed by atoms with Gasteiger partial charge >= 0.3 is 5.97 Å². The van der Waals surface area contributed by atoms with Crippen molar-refractivity contribution >= 4 is 22.8 Å². The number of aromatic hydroxyl groups is 1. The van der Waals surface area contributed by atoms with Crippen molar-refractivity contribution in [2.24, 2.45) is 0 Å². The topological polar surface area (TPSA) is 130 Å². The van der Waals surface area contributed by atoms with E-state index in [1.54, 1.807) is 12.1 Å². The Morgan fingerprint density at radius 2 is 1.94 bits per heavy atom. The zero-order valence-corrected chi connectivity index (χ0v) is 17.8. The SMILES string of the molecule is CC(C)(Cc1ccccc1O)c1cc2c(nn1)c(N)nn2C1CCN(CC(=O)O)CC1. The van der Waals surface area contributed by atoms with Crippen LogP contribution in [0, 0.1) is 0 Å². The molecule has 3 heterocycles. The second-order valence-electron chi connectivity index (χ2n) is 8.88. The molecule has 0 spiro atoms. The summed E-state index contributed by atoms with van der Waals surface area (Å²) in [5.41, 5.74) is 8.83. The first-order valence-corrected chi connectivity index (χ1v) is 10.5. The van der Waals surface area contributed by atoms with E-state index >= 15 is 0 Å². The number of phenolic OH excluding ortho intramolecular Hbond substituents is 1. The standard InChI is InChI=1S/C22H28N6O3/c1-22(2,12-14-5-3-4-6-17(14)29)18-11-16-20(25-24-18)21(23)26-28(16)15-7-9-27(10-8-15)13-19(30)31/h3-6,11,15,29H,7-10,12-13H2,1-2H3,(H2,23,26)(H,30,31). The molecule has 0 amide bonds. The number of carboxylic acids is 1. The minimum absolute atomic E-state index is 0.0604. The molecule has 4 rings (SSSR count). The van der Waals surface area contributed by atoms with Crippen molar-refractivity contribution in [3.05, 3.63) is 41.6 Å². The van der Waals surface area contributed by atoms with Gasteiger partial charge in [0.05, 0.1) is 23.8 Å². The van der Waals surface area contributed by atoms with Gasteiger partial charge in [-0.3, -0.25) is 14.4 Å². The molecule has 0 saturated carbocycles. The third-order valence-electron chi connectivity index (χ3n) is 6.06. The number of phenols is 1. The number of carboxylic acid groups (broad SMARTS) is 1. The van der Waals surface area contributed by atoms with Crippen LogP contribution >= 0.6 is 0 Å². The van der Waals surface area contributed by atoms with Crippen LogP contribution in [0.5, 0.6) is 5.75 Å². The summed E-state index contributed by atoms with van der Waals surface area (Å²) in [5, 5.41) is 32.5. The van der Waals surface area contributed by atoms with Crippen LogP contribution in [0.15, 0.2) is 30.3 Å². The van der Waals surface area contributed by atoms with Crippen molar-refractivity contribution < 1.29 is 15.0 Å². The van der Waals surface area contributed by atoms with Gasteiger partial charge in [-0.25, -0.2) is 0 Å². The molecule has 1 fully saturated rings. The molecule has 164 valence electrons. The van der Waals surface area contributed by atoms with Crippen LogP contribution < -0.4 is 5.73 Å². The van der Waals surface area contributed by atoms with Gasteiger partial charge in [0.25, 0.3) is 0 Å². The molecule has 1 aliphatic rings. The second kappa shape index (κ2) is 8.14. The summed E-state index contributed by atoms with van der Waals surface area (Å²) < 4.78 is 1.93. The van der Waals surface area contributed by atoms with Crippen LogP contribution in [-0.4, -0.2) is 60.7 Å². The number of para-hydroxylation sites is 1. The fourth-order valence-corrected chi connectivity index (χ4v) is 4.31. The minimum atomic E-state index is -0.807. The second-order valence-corrected chi connectivity index (χ2v) is 8.88. The number of nitrogens with two attached hydrogens (primary N) is 1. The van der Waals surface area contributed by atoms with E-state index < -0.39 is 5.97 Å². The van der Waals surface area contributed by atoms with E-state index in [2.05, 4.69) is 29.1 Å². The molecular formula is C22H28N6O3. The number of nitrogen functional groups attached to an aromatic ring is 1. The molecule has 0 atom stereocenters. The number of piperidine rings is 1. The molecule has 9 heteroatoms. The predicted molar refractivity (Wildman–Crippen MR) is 117 cm³/mol. The number of rotatable bonds is 6. The molecule has 9 nitrogen and oxygen atoms in total. The van der Waals surface area contributed by atoms with Crippen molar-refractivity contribution in [3.63, 3.8) is 0 Å². The number of aliphatic carboxylic acids is 1. The number of hydrogen-bond donors (Lipinski definition) is 3. The van der Waals surface area contributed by atoms with Crippen LogP contribution in [0.25, 0.3) is 11.0 Å². The molecule has 31 heavy (non-hydrogen) atoms. The monoisotopic (exact) mass is 424 g/mol. The molecule has 0 radical (unpaired) electrons.